The molecule has 1 aromatic carbocycles. The summed E-state index contributed by atoms with van der Waals surface area (Å²) in [5, 5.41) is 19.5. The summed E-state index contributed by atoms with van der Waals surface area (Å²) in [4.78, 5) is 13.4. The number of rotatable bonds is 1. The largest absolute Gasteiger partial charge is 0.388 e. The van der Waals surface area contributed by atoms with E-state index >= 15 is 0 Å². The SMILES string of the molecule is O=C(c1cc(Cl)cc(Cl)c1)N1C[C@@H](O)[C@@H](O)C1. The number of hydrogen-bond acceptors (Lipinski definition) is 3. The molecule has 2 N–H and O–H groups in total. The fourth-order valence-electron chi connectivity index (χ4n) is 1.80. The second kappa shape index (κ2) is 4.82. The molecular weight excluding hydrogens is 265 g/mol. The van der Waals surface area contributed by atoms with Gasteiger partial charge in [-0.15, -0.1) is 0 Å². The Hall–Kier alpha value is -0.810. The topological polar surface area (TPSA) is 60.8 Å². The molecule has 0 saturated carbocycles. The van der Waals surface area contributed by atoms with Gasteiger partial charge in [0, 0.05) is 28.7 Å². The molecular formula is C11H11Cl2NO3. The van der Waals surface area contributed by atoms with Gasteiger partial charge in [0.15, 0.2) is 0 Å². The molecule has 0 bridgehead atoms. The van der Waals surface area contributed by atoms with Crippen molar-refractivity contribution in [3.8, 4) is 0 Å². The highest BCUT2D eigenvalue weighted by molar-refractivity contribution is 6.35. The molecule has 0 unspecified atom stereocenters. The number of likely N-dealkylation sites (tertiary alicyclic amines) is 1. The molecule has 0 aromatic heterocycles. The molecule has 1 fully saturated rings. The molecule has 1 amide bonds. The molecule has 2 atom stereocenters. The van der Waals surface area contributed by atoms with E-state index in [9.17, 15) is 15.0 Å². The Morgan fingerprint density at radius 3 is 2.06 bits per heavy atom. The van der Waals surface area contributed by atoms with Crippen molar-refractivity contribution in [2.75, 3.05) is 13.1 Å². The minimum absolute atomic E-state index is 0.115. The van der Waals surface area contributed by atoms with Crippen molar-refractivity contribution in [2.45, 2.75) is 12.2 Å². The van der Waals surface area contributed by atoms with Crippen molar-refractivity contribution in [1.29, 1.82) is 0 Å². The number of aliphatic hydroxyl groups excluding tert-OH is 2. The van der Waals surface area contributed by atoms with E-state index in [-0.39, 0.29) is 19.0 Å². The molecule has 1 aliphatic heterocycles. The first-order valence-electron chi connectivity index (χ1n) is 5.09. The van der Waals surface area contributed by atoms with E-state index in [0.29, 0.717) is 15.6 Å². The van der Waals surface area contributed by atoms with E-state index in [4.69, 9.17) is 23.2 Å². The van der Waals surface area contributed by atoms with Gasteiger partial charge in [0.2, 0.25) is 0 Å². The lowest BCUT2D eigenvalue weighted by molar-refractivity contribution is 0.0572. The van der Waals surface area contributed by atoms with Crippen LogP contribution in [-0.2, 0) is 0 Å². The summed E-state index contributed by atoms with van der Waals surface area (Å²) in [6, 6.07) is 4.55. The normalized spacial score (nSPS) is 24.1. The first kappa shape index (κ1) is 12.6. The van der Waals surface area contributed by atoms with Gasteiger partial charge in [-0.3, -0.25) is 4.79 Å². The number of aliphatic hydroxyl groups is 2. The highest BCUT2D eigenvalue weighted by Crippen LogP contribution is 2.21. The number of halogens is 2. The maximum Gasteiger partial charge on any atom is 0.254 e. The van der Waals surface area contributed by atoms with Gasteiger partial charge in [0.05, 0.1) is 12.2 Å². The van der Waals surface area contributed by atoms with E-state index < -0.39 is 12.2 Å². The number of hydrogen-bond donors (Lipinski definition) is 2. The maximum absolute atomic E-state index is 12.0. The van der Waals surface area contributed by atoms with Crippen molar-refractivity contribution in [3.05, 3.63) is 33.8 Å². The third kappa shape index (κ3) is 2.72. The summed E-state index contributed by atoms with van der Waals surface area (Å²) in [6.45, 7) is 0.230. The third-order valence-electron chi connectivity index (χ3n) is 2.66. The van der Waals surface area contributed by atoms with Gasteiger partial charge < -0.3 is 15.1 Å². The minimum atomic E-state index is -0.895. The van der Waals surface area contributed by atoms with Crippen LogP contribution < -0.4 is 0 Å². The quantitative estimate of drug-likeness (QED) is 0.809. The predicted molar refractivity (Wildman–Crippen MR) is 64.4 cm³/mol. The van der Waals surface area contributed by atoms with Gasteiger partial charge in [0.25, 0.3) is 5.91 Å². The van der Waals surface area contributed by atoms with E-state index in [1.807, 2.05) is 0 Å². The molecule has 1 saturated heterocycles. The Labute approximate surface area is 108 Å². The maximum atomic E-state index is 12.0. The Morgan fingerprint density at radius 1 is 1.12 bits per heavy atom. The van der Waals surface area contributed by atoms with E-state index in [2.05, 4.69) is 0 Å². The number of benzene rings is 1. The average Bonchev–Trinajstić information content (AvgIpc) is 2.57. The first-order valence-corrected chi connectivity index (χ1v) is 5.84. The van der Waals surface area contributed by atoms with Crippen molar-refractivity contribution >= 4 is 29.1 Å². The van der Waals surface area contributed by atoms with Gasteiger partial charge in [-0.05, 0) is 18.2 Å². The molecule has 92 valence electrons. The van der Waals surface area contributed by atoms with Gasteiger partial charge in [-0.1, -0.05) is 23.2 Å². The van der Waals surface area contributed by atoms with Gasteiger partial charge >= 0.3 is 0 Å². The minimum Gasteiger partial charge on any atom is -0.388 e. The highest BCUT2D eigenvalue weighted by atomic mass is 35.5. The number of carbonyl (C=O) groups excluding carboxylic acids is 1. The van der Waals surface area contributed by atoms with E-state index in [0.717, 1.165) is 0 Å². The molecule has 6 heteroatoms. The second-order valence-electron chi connectivity index (χ2n) is 4.00. The molecule has 1 heterocycles. The Morgan fingerprint density at radius 2 is 1.59 bits per heavy atom. The summed E-state index contributed by atoms with van der Waals surface area (Å²) >= 11 is 11.6. The van der Waals surface area contributed by atoms with Crippen LogP contribution in [0.5, 0.6) is 0 Å². The molecule has 17 heavy (non-hydrogen) atoms. The lowest BCUT2D eigenvalue weighted by Gasteiger charge is -2.15. The predicted octanol–water partition coefficient (Wildman–Crippen LogP) is 1.17. The fourth-order valence-corrected chi connectivity index (χ4v) is 2.32. The van der Waals surface area contributed by atoms with Crippen molar-refractivity contribution in [1.82, 2.24) is 4.90 Å². The average molecular weight is 276 g/mol. The number of β-amino-alcohol motifs (C(OH)–C–C–N with tert-alkyl or cyclic N) is 2. The third-order valence-corrected chi connectivity index (χ3v) is 3.09. The van der Waals surface area contributed by atoms with Crippen LogP contribution in [0.25, 0.3) is 0 Å². The van der Waals surface area contributed by atoms with Crippen LogP contribution in [0.1, 0.15) is 10.4 Å². The summed E-state index contributed by atoms with van der Waals surface area (Å²) in [5.74, 6) is -0.301. The molecule has 2 rings (SSSR count). The highest BCUT2D eigenvalue weighted by Gasteiger charge is 2.33. The van der Waals surface area contributed by atoms with Crippen LogP contribution in [0.15, 0.2) is 18.2 Å². The van der Waals surface area contributed by atoms with Crippen LogP contribution in [0.2, 0.25) is 10.0 Å². The summed E-state index contributed by atoms with van der Waals surface area (Å²) < 4.78 is 0. The van der Waals surface area contributed by atoms with Crippen LogP contribution >= 0.6 is 23.2 Å². The van der Waals surface area contributed by atoms with Gasteiger partial charge in [-0.25, -0.2) is 0 Å². The summed E-state index contributed by atoms with van der Waals surface area (Å²) in [5.41, 5.74) is 0.351. The lowest BCUT2D eigenvalue weighted by atomic mass is 10.2. The zero-order valence-electron chi connectivity index (χ0n) is 8.81. The summed E-state index contributed by atoms with van der Waals surface area (Å²) in [6.07, 6.45) is -1.79. The van der Waals surface area contributed by atoms with Crippen molar-refractivity contribution < 1.29 is 15.0 Å². The molecule has 0 aliphatic carbocycles. The van der Waals surface area contributed by atoms with E-state index in [1.165, 1.54) is 23.1 Å². The molecule has 1 aromatic rings. The van der Waals surface area contributed by atoms with E-state index in [1.54, 1.807) is 0 Å². The Kier molecular flexibility index (Phi) is 3.58. The zero-order chi connectivity index (χ0) is 12.6. The smallest absolute Gasteiger partial charge is 0.254 e. The van der Waals surface area contributed by atoms with Crippen LogP contribution in [0, 0.1) is 0 Å². The Balaban J connectivity index is 2.20. The van der Waals surface area contributed by atoms with Crippen molar-refractivity contribution in [2.24, 2.45) is 0 Å². The monoisotopic (exact) mass is 275 g/mol. The molecule has 4 nitrogen and oxygen atoms in total. The molecule has 0 radical (unpaired) electrons. The Bertz CT molecular complexity index is 422. The van der Waals surface area contributed by atoms with Crippen molar-refractivity contribution in [3.63, 3.8) is 0 Å². The number of carbonyl (C=O) groups is 1. The van der Waals surface area contributed by atoms with Gasteiger partial charge in [0.1, 0.15) is 0 Å². The number of nitrogens with zero attached hydrogens (tertiary/aromatic N) is 1. The van der Waals surface area contributed by atoms with Crippen LogP contribution in [-0.4, -0.2) is 46.3 Å². The van der Waals surface area contributed by atoms with Crippen LogP contribution in [0.4, 0.5) is 0 Å². The molecule has 0 spiro atoms. The molecule has 1 aliphatic rings. The summed E-state index contributed by atoms with van der Waals surface area (Å²) in [7, 11) is 0. The second-order valence-corrected chi connectivity index (χ2v) is 4.88. The number of amides is 1. The fraction of sp³-hybridized carbons (Fsp3) is 0.364. The van der Waals surface area contributed by atoms with Crippen LogP contribution in [0.3, 0.4) is 0 Å². The first-order chi connectivity index (χ1) is 7.97. The zero-order valence-corrected chi connectivity index (χ0v) is 10.3. The lowest BCUT2D eigenvalue weighted by Crippen LogP contribution is -2.29. The van der Waals surface area contributed by atoms with Gasteiger partial charge in [-0.2, -0.15) is 0 Å². The standard InChI is InChI=1S/C11H11Cl2NO3/c12-7-1-6(2-8(13)3-7)11(17)14-4-9(15)10(16)5-14/h1-3,9-10,15-16H,4-5H2/t9-,10+.